The largest absolute Gasteiger partial charge is 0.480 e. The van der Waals surface area contributed by atoms with Crippen LogP contribution in [-0.2, 0) is 20.8 Å². The molecule has 24 heavy (non-hydrogen) atoms. The predicted octanol–water partition coefficient (Wildman–Crippen LogP) is 1.72. The maximum atomic E-state index is 11.9. The van der Waals surface area contributed by atoms with Crippen LogP contribution in [0.25, 0.3) is 0 Å². The Labute approximate surface area is 150 Å². The normalized spacial score (nSPS) is 13.2. The maximum absolute atomic E-state index is 11.9. The number of hydrogen-bond acceptors (Lipinski definition) is 3. The number of carboxylic acid groups (broad SMARTS) is 1. The van der Waals surface area contributed by atoms with E-state index in [9.17, 15) is 19.5 Å². The molecule has 0 aliphatic rings. The van der Waals surface area contributed by atoms with Crippen LogP contribution in [0.4, 0.5) is 0 Å². The Balaban J connectivity index is 2.46. The molecule has 0 aliphatic carbocycles. The van der Waals surface area contributed by atoms with Crippen LogP contribution in [0.1, 0.15) is 25.8 Å². The van der Waals surface area contributed by atoms with E-state index in [1.54, 1.807) is 12.1 Å². The molecule has 0 bridgehead atoms. The molecule has 1 aromatic carbocycles. The van der Waals surface area contributed by atoms with Crippen molar-refractivity contribution in [2.45, 2.75) is 37.6 Å². The number of amides is 2. The van der Waals surface area contributed by atoms with Crippen LogP contribution in [0.3, 0.4) is 0 Å². The first kappa shape index (κ1) is 20.2. The lowest BCUT2D eigenvalue weighted by Gasteiger charge is -2.16. The van der Waals surface area contributed by atoms with Crippen molar-refractivity contribution in [1.82, 2.24) is 10.6 Å². The van der Waals surface area contributed by atoms with Gasteiger partial charge >= 0.3 is 5.97 Å². The molecule has 0 spiro atoms. The van der Waals surface area contributed by atoms with Gasteiger partial charge in [-0.15, -0.1) is 0 Å². The van der Waals surface area contributed by atoms with Crippen molar-refractivity contribution < 1.29 is 19.5 Å². The third-order valence-corrected chi connectivity index (χ3v) is 4.85. The van der Waals surface area contributed by atoms with Gasteiger partial charge in [-0.2, -0.15) is 0 Å². The second kappa shape index (κ2) is 10.1. The van der Waals surface area contributed by atoms with Crippen molar-refractivity contribution in [2.75, 3.05) is 6.54 Å². The second-order valence-electron chi connectivity index (χ2n) is 5.89. The van der Waals surface area contributed by atoms with E-state index in [1.165, 1.54) is 0 Å². The van der Waals surface area contributed by atoms with Crippen LogP contribution in [-0.4, -0.2) is 40.3 Å². The fraction of sp³-hybridized carbons (Fsp3) is 0.471. The highest BCUT2D eigenvalue weighted by atomic mass is 79.9. The van der Waals surface area contributed by atoms with Gasteiger partial charge in [-0.25, -0.2) is 4.79 Å². The van der Waals surface area contributed by atoms with Gasteiger partial charge in [-0.3, -0.25) is 9.59 Å². The first-order chi connectivity index (χ1) is 11.3. The van der Waals surface area contributed by atoms with E-state index in [0.29, 0.717) is 5.92 Å². The van der Waals surface area contributed by atoms with Crippen molar-refractivity contribution in [3.63, 3.8) is 0 Å². The molecule has 132 valence electrons. The van der Waals surface area contributed by atoms with Crippen LogP contribution in [0.5, 0.6) is 0 Å². The summed E-state index contributed by atoms with van der Waals surface area (Å²) in [6.45, 7) is 3.73. The number of hydrogen-bond donors (Lipinski definition) is 3. The number of carbonyl (C=O) groups is 3. The van der Waals surface area contributed by atoms with Crippen LogP contribution >= 0.6 is 15.9 Å². The Morgan fingerprint density at radius 1 is 1.12 bits per heavy atom. The van der Waals surface area contributed by atoms with Gasteiger partial charge in [0.2, 0.25) is 11.8 Å². The van der Waals surface area contributed by atoms with Gasteiger partial charge in [0, 0.05) is 17.7 Å². The van der Waals surface area contributed by atoms with E-state index in [0.717, 1.165) is 5.56 Å². The van der Waals surface area contributed by atoms with Gasteiger partial charge in [-0.05, 0) is 11.5 Å². The Morgan fingerprint density at radius 2 is 1.75 bits per heavy atom. The minimum absolute atomic E-state index is 0.0328. The molecule has 2 amide bonds. The highest BCUT2D eigenvalue weighted by Crippen LogP contribution is 2.15. The summed E-state index contributed by atoms with van der Waals surface area (Å²) in [7, 11) is 0. The summed E-state index contributed by atoms with van der Waals surface area (Å²) in [6, 6.07) is 8.01. The molecule has 6 nitrogen and oxygen atoms in total. The quantitative estimate of drug-likeness (QED) is 0.551. The van der Waals surface area contributed by atoms with Gasteiger partial charge in [-0.1, -0.05) is 60.1 Å². The minimum Gasteiger partial charge on any atom is -0.480 e. The van der Waals surface area contributed by atoms with Crippen molar-refractivity contribution in [3.8, 4) is 0 Å². The van der Waals surface area contributed by atoms with E-state index in [4.69, 9.17) is 0 Å². The second-order valence-corrected chi connectivity index (χ2v) is 7.07. The van der Waals surface area contributed by atoms with E-state index >= 15 is 0 Å². The zero-order valence-electron chi connectivity index (χ0n) is 13.8. The number of benzene rings is 1. The lowest BCUT2D eigenvalue weighted by atomic mass is 10.1. The third kappa shape index (κ3) is 7.59. The zero-order valence-corrected chi connectivity index (χ0v) is 15.4. The topological polar surface area (TPSA) is 95.5 Å². The smallest absolute Gasteiger partial charge is 0.326 e. The van der Waals surface area contributed by atoms with Crippen molar-refractivity contribution in [1.29, 1.82) is 0 Å². The van der Waals surface area contributed by atoms with E-state index in [1.807, 2.05) is 32.0 Å². The van der Waals surface area contributed by atoms with Gasteiger partial charge in [0.1, 0.15) is 6.04 Å². The zero-order chi connectivity index (χ0) is 18.1. The van der Waals surface area contributed by atoms with Crippen molar-refractivity contribution >= 4 is 33.7 Å². The molecule has 3 N–H and O–H groups in total. The van der Waals surface area contributed by atoms with Crippen molar-refractivity contribution in [3.05, 3.63) is 35.9 Å². The summed E-state index contributed by atoms with van der Waals surface area (Å²) in [5, 5.41) is 14.2. The van der Waals surface area contributed by atoms with Gasteiger partial charge in [0.05, 0.1) is 6.54 Å². The molecule has 2 atom stereocenters. The first-order valence-corrected chi connectivity index (χ1v) is 8.68. The Hall–Kier alpha value is -1.89. The van der Waals surface area contributed by atoms with Crippen LogP contribution in [0, 0.1) is 5.92 Å². The Kier molecular flexibility index (Phi) is 8.46. The fourth-order valence-corrected chi connectivity index (χ4v) is 2.25. The third-order valence-electron chi connectivity index (χ3n) is 3.47. The number of aliphatic carboxylic acids is 1. The van der Waals surface area contributed by atoms with Gasteiger partial charge in [0.15, 0.2) is 0 Å². The molecule has 0 aromatic heterocycles. The van der Waals surface area contributed by atoms with Gasteiger partial charge < -0.3 is 15.7 Å². The van der Waals surface area contributed by atoms with Crippen LogP contribution in [0.15, 0.2) is 30.3 Å². The standard InChI is InChI=1S/C17H23BrN2O4/c1-11(2)13(18)9-15(21)19-10-16(22)20-14(17(23)24)8-12-6-4-3-5-7-12/h3-7,11,13-14H,8-10H2,1-2H3,(H,19,21)(H,20,22)(H,23,24)/t13-,14+/m0/s1. The number of rotatable bonds is 9. The minimum atomic E-state index is -1.11. The lowest BCUT2D eigenvalue weighted by molar-refractivity contribution is -0.141. The summed E-state index contributed by atoms with van der Waals surface area (Å²) in [5.74, 6) is -1.59. The molecular formula is C17H23BrN2O4. The molecule has 0 radical (unpaired) electrons. The number of nitrogens with one attached hydrogen (secondary N) is 2. The molecular weight excluding hydrogens is 376 g/mol. The van der Waals surface area contributed by atoms with E-state index in [-0.39, 0.29) is 30.1 Å². The molecule has 0 saturated carbocycles. The van der Waals surface area contributed by atoms with E-state index < -0.39 is 17.9 Å². The molecule has 0 unspecified atom stereocenters. The highest BCUT2D eigenvalue weighted by molar-refractivity contribution is 9.09. The average Bonchev–Trinajstić information content (AvgIpc) is 2.53. The number of halogens is 1. The first-order valence-electron chi connectivity index (χ1n) is 7.76. The average molecular weight is 399 g/mol. The molecule has 0 aliphatic heterocycles. The Bertz CT molecular complexity index is 563. The van der Waals surface area contributed by atoms with Gasteiger partial charge in [0.25, 0.3) is 0 Å². The Morgan fingerprint density at radius 3 is 2.29 bits per heavy atom. The predicted molar refractivity (Wildman–Crippen MR) is 94.9 cm³/mol. The fourth-order valence-electron chi connectivity index (χ4n) is 1.96. The maximum Gasteiger partial charge on any atom is 0.326 e. The summed E-state index contributed by atoms with van der Waals surface area (Å²) in [6.07, 6.45) is 0.448. The highest BCUT2D eigenvalue weighted by Gasteiger charge is 2.21. The molecule has 0 heterocycles. The lowest BCUT2D eigenvalue weighted by Crippen LogP contribution is -2.46. The summed E-state index contributed by atoms with van der Waals surface area (Å²) >= 11 is 3.41. The molecule has 1 rings (SSSR count). The molecule has 0 fully saturated rings. The molecule has 0 saturated heterocycles. The van der Waals surface area contributed by atoms with E-state index in [2.05, 4.69) is 26.6 Å². The number of alkyl halides is 1. The summed E-state index contributed by atoms with van der Waals surface area (Å²) in [4.78, 5) is 34.9. The summed E-state index contributed by atoms with van der Waals surface area (Å²) in [5.41, 5.74) is 0.813. The number of carbonyl (C=O) groups excluding carboxylic acids is 2. The van der Waals surface area contributed by atoms with Crippen LogP contribution < -0.4 is 10.6 Å². The molecule has 1 aromatic rings. The summed E-state index contributed by atoms with van der Waals surface area (Å²) < 4.78 is 0. The van der Waals surface area contributed by atoms with Crippen LogP contribution in [0.2, 0.25) is 0 Å². The monoisotopic (exact) mass is 398 g/mol. The van der Waals surface area contributed by atoms with Crippen molar-refractivity contribution in [2.24, 2.45) is 5.92 Å². The molecule has 7 heteroatoms. The number of carboxylic acids is 1. The SMILES string of the molecule is CC(C)[C@@H](Br)CC(=O)NCC(=O)N[C@H](Cc1ccccc1)C(=O)O.